The number of H-pyrrole nitrogens is 1. The van der Waals surface area contributed by atoms with E-state index < -0.39 is 0 Å². The van der Waals surface area contributed by atoms with Gasteiger partial charge in [0.15, 0.2) is 5.78 Å². The summed E-state index contributed by atoms with van der Waals surface area (Å²) < 4.78 is 5.04. The van der Waals surface area contributed by atoms with Gasteiger partial charge >= 0.3 is 5.97 Å². The van der Waals surface area contributed by atoms with E-state index in [1.54, 1.807) is 13.0 Å². The van der Waals surface area contributed by atoms with Crippen LogP contribution in [0.4, 0.5) is 0 Å². The number of ketones is 1. The zero-order valence-electron chi connectivity index (χ0n) is 15.9. The summed E-state index contributed by atoms with van der Waals surface area (Å²) in [6, 6.07) is 17.7. The SMILES string of the molecule is CCOC(=O)c1cc2cc(CC(=O)[C@H]3NCCC3c3ccccc3)ccc2[nH]1. The average Bonchev–Trinajstić information content (AvgIpc) is 3.36. The molecule has 0 spiro atoms. The van der Waals surface area contributed by atoms with E-state index in [1.807, 2.05) is 36.4 Å². The fraction of sp³-hybridized carbons (Fsp3) is 0.304. The van der Waals surface area contributed by atoms with E-state index in [9.17, 15) is 9.59 Å². The van der Waals surface area contributed by atoms with E-state index in [0.29, 0.717) is 18.7 Å². The lowest BCUT2D eigenvalue weighted by atomic mass is 9.88. The van der Waals surface area contributed by atoms with Gasteiger partial charge in [-0.25, -0.2) is 4.79 Å². The number of nitrogens with one attached hydrogen (secondary N) is 2. The van der Waals surface area contributed by atoms with Crippen molar-refractivity contribution in [1.82, 2.24) is 10.3 Å². The van der Waals surface area contributed by atoms with Crippen molar-refractivity contribution < 1.29 is 14.3 Å². The monoisotopic (exact) mass is 376 g/mol. The molecule has 5 nitrogen and oxygen atoms in total. The molecule has 5 heteroatoms. The van der Waals surface area contributed by atoms with Crippen LogP contribution in [-0.4, -0.2) is 35.9 Å². The number of aromatic nitrogens is 1. The fourth-order valence-electron chi connectivity index (χ4n) is 4.02. The van der Waals surface area contributed by atoms with E-state index in [0.717, 1.165) is 29.4 Å². The maximum atomic E-state index is 13.0. The lowest BCUT2D eigenvalue weighted by molar-refractivity contribution is -0.120. The molecule has 0 aliphatic carbocycles. The lowest BCUT2D eigenvalue weighted by Gasteiger charge is -2.19. The molecule has 0 bridgehead atoms. The van der Waals surface area contributed by atoms with Crippen LogP contribution in [-0.2, 0) is 16.0 Å². The Balaban J connectivity index is 1.51. The highest BCUT2D eigenvalue weighted by Crippen LogP contribution is 2.29. The van der Waals surface area contributed by atoms with Gasteiger partial charge in [0.25, 0.3) is 0 Å². The van der Waals surface area contributed by atoms with Crippen molar-refractivity contribution in [3.05, 3.63) is 71.4 Å². The summed E-state index contributed by atoms with van der Waals surface area (Å²) in [6.07, 6.45) is 1.34. The molecule has 1 aromatic heterocycles. The van der Waals surface area contributed by atoms with Gasteiger partial charge in [0.2, 0.25) is 0 Å². The molecular weight excluding hydrogens is 352 g/mol. The minimum Gasteiger partial charge on any atom is -0.461 e. The highest BCUT2D eigenvalue weighted by molar-refractivity contribution is 5.95. The van der Waals surface area contributed by atoms with Crippen molar-refractivity contribution in [2.75, 3.05) is 13.2 Å². The summed E-state index contributed by atoms with van der Waals surface area (Å²) in [6.45, 7) is 2.98. The number of rotatable bonds is 6. The average molecular weight is 376 g/mol. The number of benzene rings is 2. The highest BCUT2D eigenvalue weighted by Gasteiger charge is 2.33. The van der Waals surface area contributed by atoms with Crippen LogP contribution in [0.5, 0.6) is 0 Å². The largest absolute Gasteiger partial charge is 0.461 e. The normalized spacial score (nSPS) is 19.0. The number of ether oxygens (including phenoxy) is 1. The molecule has 2 N–H and O–H groups in total. The van der Waals surface area contributed by atoms with Gasteiger partial charge in [-0.15, -0.1) is 0 Å². The van der Waals surface area contributed by atoms with E-state index in [2.05, 4.69) is 22.4 Å². The van der Waals surface area contributed by atoms with E-state index in [4.69, 9.17) is 4.74 Å². The lowest BCUT2D eigenvalue weighted by Crippen LogP contribution is -2.35. The van der Waals surface area contributed by atoms with Crippen LogP contribution < -0.4 is 5.32 Å². The van der Waals surface area contributed by atoms with Crippen molar-refractivity contribution in [3.8, 4) is 0 Å². The maximum Gasteiger partial charge on any atom is 0.354 e. The molecule has 3 aromatic rings. The molecular formula is C23H24N2O3. The Hall–Kier alpha value is -2.92. The van der Waals surface area contributed by atoms with Crippen molar-refractivity contribution in [3.63, 3.8) is 0 Å². The zero-order valence-corrected chi connectivity index (χ0v) is 15.9. The number of fused-ring (bicyclic) bond motifs is 1. The van der Waals surface area contributed by atoms with E-state index in [-0.39, 0.29) is 23.7 Å². The minimum atomic E-state index is -0.364. The number of hydrogen-bond donors (Lipinski definition) is 2. The van der Waals surface area contributed by atoms with Gasteiger partial charge in [-0.1, -0.05) is 36.4 Å². The molecule has 144 valence electrons. The van der Waals surface area contributed by atoms with Crippen molar-refractivity contribution in [2.24, 2.45) is 0 Å². The molecule has 2 aromatic carbocycles. The number of carbonyl (C=O) groups is 2. The predicted octanol–water partition coefficient (Wildman–Crippen LogP) is 3.60. The van der Waals surface area contributed by atoms with Crippen LogP contribution >= 0.6 is 0 Å². The van der Waals surface area contributed by atoms with Gasteiger partial charge in [-0.2, -0.15) is 0 Å². The summed E-state index contributed by atoms with van der Waals surface area (Å²) in [4.78, 5) is 28.0. The Morgan fingerprint density at radius 3 is 2.71 bits per heavy atom. The van der Waals surface area contributed by atoms with Crippen LogP contribution in [0, 0.1) is 0 Å². The van der Waals surface area contributed by atoms with Gasteiger partial charge in [0.1, 0.15) is 5.69 Å². The second-order valence-corrected chi connectivity index (χ2v) is 7.21. The number of esters is 1. The van der Waals surface area contributed by atoms with Crippen LogP contribution in [0.1, 0.15) is 40.9 Å². The predicted molar refractivity (Wildman–Crippen MR) is 109 cm³/mol. The van der Waals surface area contributed by atoms with Crippen molar-refractivity contribution >= 4 is 22.7 Å². The topological polar surface area (TPSA) is 71.2 Å². The molecule has 0 amide bonds. The Kier molecular flexibility index (Phi) is 5.26. The highest BCUT2D eigenvalue weighted by atomic mass is 16.5. The summed E-state index contributed by atoms with van der Waals surface area (Å²) in [5.41, 5.74) is 3.46. The van der Waals surface area contributed by atoms with Gasteiger partial charge in [-0.3, -0.25) is 4.79 Å². The van der Waals surface area contributed by atoms with Crippen LogP contribution in [0.25, 0.3) is 10.9 Å². The van der Waals surface area contributed by atoms with E-state index >= 15 is 0 Å². The standard InChI is InChI=1S/C23H24N2O3/c1-2-28-23(27)20-14-17-12-15(8-9-19(17)25-20)13-21(26)22-18(10-11-24-22)16-6-4-3-5-7-16/h3-9,12,14,18,22,24-25H,2,10-11,13H2,1H3/t18?,22-/m0/s1. The van der Waals surface area contributed by atoms with Crippen molar-refractivity contribution in [2.45, 2.75) is 31.7 Å². The number of aromatic amines is 1. The maximum absolute atomic E-state index is 13.0. The van der Waals surface area contributed by atoms with Gasteiger partial charge in [0, 0.05) is 23.2 Å². The summed E-state index contributed by atoms with van der Waals surface area (Å²) in [7, 11) is 0. The Morgan fingerprint density at radius 1 is 1.11 bits per heavy atom. The number of carbonyl (C=O) groups excluding carboxylic acids is 2. The summed E-state index contributed by atoms with van der Waals surface area (Å²) in [5, 5.41) is 4.29. The molecule has 0 saturated carbocycles. The summed E-state index contributed by atoms with van der Waals surface area (Å²) >= 11 is 0. The molecule has 1 unspecified atom stereocenters. The van der Waals surface area contributed by atoms with Crippen LogP contribution in [0.2, 0.25) is 0 Å². The van der Waals surface area contributed by atoms with Crippen LogP contribution in [0.15, 0.2) is 54.6 Å². The second-order valence-electron chi connectivity index (χ2n) is 7.21. The Bertz CT molecular complexity index is 994. The molecule has 1 aliphatic rings. The third-order valence-electron chi connectivity index (χ3n) is 5.36. The van der Waals surface area contributed by atoms with Crippen molar-refractivity contribution in [1.29, 1.82) is 0 Å². The third kappa shape index (κ3) is 3.71. The molecule has 2 atom stereocenters. The Labute approximate surface area is 164 Å². The number of Topliss-reactive ketones (excluding diaryl/α,β-unsaturated/α-hetero) is 1. The first kappa shape index (κ1) is 18.4. The fourth-order valence-corrected chi connectivity index (χ4v) is 4.02. The van der Waals surface area contributed by atoms with Gasteiger partial charge in [0.05, 0.1) is 12.6 Å². The minimum absolute atomic E-state index is 0.153. The first-order chi connectivity index (χ1) is 13.7. The smallest absolute Gasteiger partial charge is 0.354 e. The zero-order chi connectivity index (χ0) is 19.5. The second kappa shape index (κ2) is 7.98. The van der Waals surface area contributed by atoms with E-state index in [1.165, 1.54) is 5.56 Å². The van der Waals surface area contributed by atoms with Crippen LogP contribution in [0.3, 0.4) is 0 Å². The summed E-state index contributed by atoms with van der Waals surface area (Å²) in [5.74, 6) is 0.0594. The quantitative estimate of drug-likeness (QED) is 0.645. The van der Waals surface area contributed by atoms with Gasteiger partial charge in [-0.05, 0) is 49.2 Å². The first-order valence-corrected chi connectivity index (χ1v) is 9.75. The molecule has 4 rings (SSSR count). The third-order valence-corrected chi connectivity index (χ3v) is 5.36. The molecule has 1 fully saturated rings. The Morgan fingerprint density at radius 2 is 1.93 bits per heavy atom. The first-order valence-electron chi connectivity index (χ1n) is 9.75. The molecule has 0 radical (unpaired) electrons. The van der Waals surface area contributed by atoms with Gasteiger partial charge < -0.3 is 15.0 Å². The molecule has 1 aliphatic heterocycles. The molecule has 1 saturated heterocycles. The number of hydrogen-bond acceptors (Lipinski definition) is 4. The molecule has 28 heavy (non-hydrogen) atoms. The molecule has 2 heterocycles.